The lowest BCUT2D eigenvalue weighted by Crippen LogP contribution is -2.27. The molecule has 2 N–H and O–H groups in total. The number of hydrogen-bond acceptors (Lipinski definition) is 5. The molecule has 0 radical (unpaired) electrons. The molecular formula is C36H29FN2O4. The van der Waals surface area contributed by atoms with Gasteiger partial charge in [-0.1, -0.05) is 54.6 Å². The molecule has 4 aromatic rings. The van der Waals surface area contributed by atoms with Gasteiger partial charge in [0, 0.05) is 40.4 Å². The Labute approximate surface area is 247 Å². The summed E-state index contributed by atoms with van der Waals surface area (Å²) >= 11 is 0. The number of non-ortho nitro benzene ring substituents is 1. The second-order valence-corrected chi connectivity index (χ2v) is 10.7. The highest BCUT2D eigenvalue weighted by Crippen LogP contribution is 2.29. The molecule has 0 saturated heterocycles. The van der Waals surface area contributed by atoms with E-state index in [-0.39, 0.29) is 17.3 Å². The summed E-state index contributed by atoms with van der Waals surface area (Å²) in [4.78, 5) is 24.0. The molecule has 1 aliphatic heterocycles. The lowest BCUT2D eigenvalue weighted by Gasteiger charge is -2.23. The molecular weight excluding hydrogens is 543 g/mol. The number of aryl methyl sites for hydroxylation is 1. The monoisotopic (exact) mass is 572 g/mol. The van der Waals surface area contributed by atoms with Crippen LogP contribution < -0.4 is 15.8 Å². The van der Waals surface area contributed by atoms with Crippen LogP contribution >= 0.6 is 0 Å². The van der Waals surface area contributed by atoms with E-state index in [9.17, 15) is 24.4 Å². The zero-order chi connectivity index (χ0) is 30.1. The standard InChI is InChI=1S/C26H20FNO4.C10H9N/c1-14-12-15(28(31)32)8-9-16(14)26(30)21-6-2-5-19-18(21)10-11-20-17-4-3-7-23(27)22(17)13-24(29)25(19)20;1-2-7-10-9(5-1)6-3-4-8-11-10/h3-4,7-13,24,29H,2,5-6H2,1H3;1-8,11H. The smallest absolute Gasteiger partial charge is 0.269 e. The third-order valence-electron chi connectivity index (χ3n) is 8.12. The van der Waals surface area contributed by atoms with Crippen molar-refractivity contribution in [3.63, 3.8) is 0 Å². The van der Waals surface area contributed by atoms with Crippen LogP contribution in [0.3, 0.4) is 0 Å². The van der Waals surface area contributed by atoms with Crippen molar-refractivity contribution in [1.82, 2.24) is 0 Å². The highest BCUT2D eigenvalue weighted by molar-refractivity contribution is 6.25. The molecule has 1 atom stereocenters. The number of aliphatic hydroxyl groups is 1. The van der Waals surface area contributed by atoms with Crippen molar-refractivity contribution < 1.29 is 19.2 Å². The van der Waals surface area contributed by atoms with E-state index in [0.717, 1.165) is 38.9 Å². The molecule has 7 rings (SSSR count). The first kappa shape index (κ1) is 28.0. The molecule has 1 unspecified atom stereocenters. The maximum atomic E-state index is 14.3. The average molecular weight is 573 g/mol. The highest BCUT2D eigenvalue weighted by Gasteiger charge is 2.25. The number of halogens is 1. The van der Waals surface area contributed by atoms with Crippen LogP contribution in [0, 0.1) is 33.3 Å². The Balaban J connectivity index is 0.000000250. The number of rotatable bonds is 3. The van der Waals surface area contributed by atoms with E-state index in [0.29, 0.717) is 34.8 Å². The topological polar surface area (TPSA) is 92.5 Å². The molecule has 0 saturated carbocycles. The summed E-state index contributed by atoms with van der Waals surface area (Å²) in [5.74, 6) is -0.528. The summed E-state index contributed by atoms with van der Waals surface area (Å²) in [6, 6.07) is 21.1. The quantitative estimate of drug-likeness (QED) is 0.174. The van der Waals surface area contributed by atoms with Crippen LogP contribution in [-0.2, 0) is 6.42 Å². The van der Waals surface area contributed by atoms with Crippen molar-refractivity contribution in [2.45, 2.75) is 32.3 Å². The first-order chi connectivity index (χ1) is 20.8. The Morgan fingerprint density at radius 3 is 2.60 bits per heavy atom. The molecule has 0 spiro atoms. The van der Waals surface area contributed by atoms with Crippen LogP contribution in [0.2, 0.25) is 0 Å². The van der Waals surface area contributed by atoms with Gasteiger partial charge in [-0.3, -0.25) is 14.9 Å². The van der Waals surface area contributed by atoms with Crippen molar-refractivity contribution in [2.75, 3.05) is 5.32 Å². The van der Waals surface area contributed by atoms with Gasteiger partial charge in [0.2, 0.25) is 0 Å². The number of nitro benzene ring substituents is 1. The van der Waals surface area contributed by atoms with Crippen molar-refractivity contribution in [1.29, 1.82) is 0 Å². The van der Waals surface area contributed by atoms with E-state index < -0.39 is 11.0 Å². The fraction of sp³-hybridized carbons (Fsp3) is 0.139. The van der Waals surface area contributed by atoms with Crippen LogP contribution in [0.1, 0.15) is 51.6 Å². The fourth-order valence-electron chi connectivity index (χ4n) is 6.09. The first-order valence-electron chi connectivity index (χ1n) is 14.2. The summed E-state index contributed by atoms with van der Waals surface area (Å²) in [6.45, 7) is 1.70. The molecule has 214 valence electrons. The third-order valence-corrected chi connectivity index (χ3v) is 8.12. The number of aliphatic hydroxyl groups excluding tert-OH is 1. The van der Waals surface area contributed by atoms with Crippen molar-refractivity contribution in [2.24, 2.45) is 0 Å². The number of nitro groups is 1. The van der Waals surface area contributed by atoms with Crippen molar-refractivity contribution in [3.05, 3.63) is 156 Å². The molecule has 2 aliphatic carbocycles. The van der Waals surface area contributed by atoms with Crippen molar-refractivity contribution in [3.8, 4) is 0 Å². The maximum Gasteiger partial charge on any atom is 0.269 e. The zero-order valence-corrected chi connectivity index (χ0v) is 23.5. The van der Waals surface area contributed by atoms with Gasteiger partial charge in [0.1, 0.15) is 5.82 Å². The minimum absolute atomic E-state index is 0.0493. The van der Waals surface area contributed by atoms with Gasteiger partial charge in [-0.15, -0.1) is 0 Å². The van der Waals surface area contributed by atoms with Gasteiger partial charge in [0.25, 0.3) is 5.69 Å². The summed E-state index contributed by atoms with van der Waals surface area (Å²) in [6.07, 6.45) is 10.7. The van der Waals surface area contributed by atoms with E-state index in [1.165, 1.54) is 35.9 Å². The fourth-order valence-corrected chi connectivity index (χ4v) is 6.09. The minimum Gasteiger partial charge on any atom is -0.384 e. The molecule has 1 heterocycles. The Bertz CT molecular complexity index is 2080. The normalized spacial score (nSPS) is 15.7. The number of fused-ring (bicyclic) bond motifs is 5. The third kappa shape index (κ3) is 5.31. The predicted octanol–water partition coefficient (Wildman–Crippen LogP) is 6.17. The van der Waals surface area contributed by atoms with Gasteiger partial charge >= 0.3 is 0 Å². The van der Waals surface area contributed by atoms with Crippen LogP contribution in [0.5, 0.6) is 0 Å². The molecule has 3 aliphatic rings. The summed E-state index contributed by atoms with van der Waals surface area (Å²) in [5, 5.41) is 27.8. The molecule has 7 heteroatoms. The van der Waals surface area contributed by atoms with Crippen LogP contribution in [0.25, 0.3) is 17.7 Å². The second-order valence-electron chi connectivity index (χ2n) is 10.7. The number of anilines is 1. The first-order valence-corrected chi connectivity index (χ1v) is 14.2. The second kappa shape index (κ2) is 11.6. The van der Waals surface area contributed by atoms with Crippen molar-refractivity contribution >= 4 is 34.9 Å². The van der Waals surface area contributed by atoms with Gasteiger partial charge < -0.3 is 10.4 Å². The van der Waals surface area contributed by atoms with Gasteiger partial charge in [-0.05, 0) is 94.4 Å². The molecule has 0 aromatic heterocycles. The number of ketones is 1. The highest BCUT2D eigenvalue weighted by atomic mass is 19.1. The van der Waals surface area contributed by atoms with Crippen LogP contribution in [0.15, 0.2) is 91.1 Å². The molecule has 0 fully saturated rings. The summed E-state index contributed by atoms with van der Waals surface area (Å²) < 4.78 is 14.3. The number of carbonyl (C=O) groups excluding carboxylic acids is 1. The minimum atomic E-state index is -0.958. The Morgan fingerprint density at radius 1 is 0.977 bits per heavy atom. The van der Waals surface area contributed by atoms with E-state index in [1.807, 2.05) is 48.7 Å². The Morgan fingerprint density at radius 2 is 1.79 bits per heavy atom. The van der Waals surface area contributed by atoms with Gasteiger partial charge in [-0.2, -0.15) is 0 Å². The zero-order valence-electron chi connectivity index (χ0n) is 23.5. The maximum absolute atomic E-state index is 14.3. The number of nitrogens with one attached hydrogen (secondary N) is 1. The molecule has 4 aromatic carbocycles. The molecule has 6 nitrogen and oxygen atoms in total. The number of hydrogen-bond donors (Lipinski definition) is 2. The van der Waals surface area contributed by atoms with Crippen LogP contribution in [-0.4, -0.2) is 15.8 Å². The van der Waals surface area contributed by atoms with E-state index >= 15 is 0 Å². The predicted molar refractivity (Wildman–Crippen MR) is 166 cm³/mol. The number of para-hydroxylation sites is 1. The summed E-state index contributed by atoms with van der Waals surface area (Å²) in [7, 11) is 0. The lowest BCUT2D eigenvalue weighted by atomic mass is 9.82. The summed E-state index contributed by atoms with van der Waals surface area (Å²) in [5.41, 5.74) is 5.63. The van der Waals surface area contributed by atoms with E-state index in [2.05, 4.69) is 23.5 Å². The van der Waals surface area contributed by atoms with E-state index in [1.54, 1.807) is 13.0 Å². The SMILES string of the molecule is C1=CNc2ccccc2C=C1.Cc1cc([N+](=O)[O-])ccc1C(=O)C1=c2ccc3c(c2CCC1)C(O)C=c1c(F)cccc1=3. The number of carbonyl (C=O) groups is 1. The van der Waals surface area contributed by atoms with E-state index in [4.69, 9.17) is 0 Å². The van der Waals surface area contributed by atoms with Gasteiger partial charge in [-0.25, -0.2) is 4.39 Å². The molecule has 43 heavy (non-hydrogen) atoms. The number of nitrogens with zero attached hydrogens (tertiary/aromatic N) is 1. The van der Waals surface area contributed by atoms with Gasteiger partial charge in [0.05, 0.1) is 11.0 Å². The molecule has 0 bridgehead atoms. The Hall–Kier alpha value is -5.14. The van der Waals surface area contributed by atoms with Crippen LogP contribution in [0.4, 0.5) is 15.8 Å². The van der Waals surface area contributed by atoms with Gasteiger partial charge in [0.15, 0.2) is 5.78 Å². The largest absolute Gasteiger partial charge is 0.384 e. The average Bonchev–Trinajstić information content (AvgIpc) is 3.27. The Kier molecular flexibility index (Phi) is 7.57. The number of allylic oxidation sites excluding steroid dienone is 2. The number of Topliss-reactive ketones (excluding diaryl/α,β-unsaturated/α-hetero) is 1. The number of benzene rings is 4. The lowest BCUT2D eigenvalue weighted by molar-refractivity contribution is -0.384. The molecule has 0 amide bonds.